The lowest BCUT2D eigenvalue weighted by Crippen LogP contribution is -2.54. The molecule has 0 unspecified atom stereocenters. The molecule has 0 aromatic heterocycles. The topological polar surface area (TPSA) is 138 Å². The van der Waals surface area contributed by atoms with Crippen LogP contribution in [0.4, 0.5) is 0 Å². The van der Waals surface area contributed by atoms with Crippen molar-refractivity contribution in [2.24, 2.45) is 0 Å². The van der Waals surface area contributed by atoms with Gasteiger partial charge in [0.05, 0.1) is 19.8 Å². The maximum Gasteiger partial charge on any atom is 0.200 e. The van der Waals surface area contributed by atoms with Gasteiger partial charge in [0.1, 0.15) is 12.2 Å². The van der Waals surface area contributed by atoms with E-state index in [2.05, 4.69) is 0 Å². The molecule has 2 atom stereocenters. The van der Waals surface area contributed by atoms with E-state index in [4.69, 9.17) is 25.5 Å². The summed E-state index contributed by atoms with van der Waals surface area (Å²) in [5.41, 5.74) is -2.50. The molecule has 84 valence electrons. The van der Waals surface area contributed by atoms with Crippen LogP contribution in [-0.4, -0.2) is 74.1 Å². The van der Waals surface area contributed by atoms with Gasteiger partial charge >= 0.3 is 0 Å². The van der Waals surface area contributed by atoms with Crippen molar-refractivity contribution in [2.45, 2.75) is 17.8 Å². The van der Waals surface area contributed by atoms with Crippen molar-refractivity contribution >= 4 is 5.78 Å². The lowest BCUT2D eigenvalue weighted by molar-refractivity contribution is -0.162. The molecule has 0 saturated carbocycles. The van der Waals surface area contributed by atoms with Crippen LogP contribution in [0, 0.1) is 0 Å². The summed E-state index contributed by atoms with van der Waals surface area (Å²) in [4.78, 5) is 11.1. The van der Waals surface area contributed by atoms with E-state index in [1.54, 1.807) is 0 Å². The molecule has 0 bridgehead atoms. The zero-order valence-corrected chi connectivity index (χ0v) is 7.37. The van der Waals surface area contributed by atoms with Crippen LogP contribution in [0.25, 0.3) is 0 Å². The number of ketones is 1. The van der Waals surface area contributed by atoms with E-state index in [1.165, 1.54) is 0 Å². The quantitative estimate of drug-likeness (QED) is 0.262. The number of hydrogen-bond donors (Lipinski definition) is 6. The number of rotatable bonds is 6. The largest absolute Gasteiger partial charge is 0.394 e. The summed E-state index contributed by atoms with van der Waals surface area (Å²) in [7, 11) is 0. The smallest absolute Gasteiger partial charge is 0.200 e. The van der Waals surface area contributed by atoms with Gasteiger partial charge in [0, 0.05) is 0 Å². The van der Waals surface area contributed by atoms with Crippen LogP contribution >= 0.6 is 0 Å². The molecule has 0 saturated heterocycles. The lowest BCUT2D eigenvalue weighted by atomic mass is 9.94. The first-order chi connectivity index (χ1) is 6.42. The van der Waals surface area contributed by atoms with Crippen LogP contribution < -0.4 is 0 Å². The lowest BCUT2D eigenvalue weighted by Gasteiger charge is -2.25. The highest BCUT2D eigenvalue weighted by atomic mass is 16.4. The van der Waals surface area contributed by atoms with E-state index in [-0.39, 0.29) is 0 Å². The first-order valence-corrected chi connectivity index (χ1v) is 3.88. The standard InChI is InChI=1S/C7H14O7/c8-1-4(11)5(12)6(13)7(14,2-9)3-10/h4-5,8-12,14H,1-3H2/t4-,5+/m0/s1. The summed E-state index contributed by atoms with van der Waals surface area (Å²) in [6.45, 7) is -3.05. The van der Waals surface area contributed by atoms with Gasteiger partial charge in [-0.3, -0.25) is 4.79 Å². The predicted octanol–water partition coefficient (Wildman–Crippen LogP) is -4.01. The van der Waals surface area contributed by atoms with E-state index in [1.807, 2.05) is 0 Å². The second-order valence-corrected chi connectivity index (χ2v) is 2.91. The summed E-state index contributed by atoms with van der Waals surface area (Å²) in [6, 6.07) is 0. The molecule has 0 spiro atoms. The molecule has 6 N–H and O–H groups in total. The van der Waals surface area contributed by atoms with Crippen molar-refractivity contribution in [1.82, 2.24) is 0 Å². The molecule has 0 heterocycles. The molecule has 0 aliphatic heterocycles. The molecule has 7 heteroatoms. The Morgan fingerprint density at radius 2 is 1.57 bits per heavy atom. The van der Waals surface area contributed by atoms with Gasteiger partial charge in [-0.1, -0.05) is 0 Å². The van der Waals surface area contributed by atoms with Gasteiger partial charge in [-0.15, -0.1) is 0 Å². The van der Waals surface area contributed by atoms with Gasteiger partial charge in [-0.2, -0.15) is 0 Å². The Balaban J connectivity index is 4.59. The highest BCUT2D eigenvalue weighted by Crippen LogP contribution is 2.09. The third-order valence-electron chi connectivity index (χ3n) is 1.80. The Hall–Kier alpha value is -0.570. The highest BCUT2D eigenvalue weighted by Gasteiger charge is 2.41. The normalized spacial score (nSPS) is 16.4. The van der Waals surface area contributed by atoms with Gasteiger partial charge in [-0.25, -0.2) is 0 Å². The Labute approximate surface area is 79.9 Å². The number of hydrogen-bond acceptors (Lipinski definition) is 7. The van der Waals surface area contributed by atoms with Gasteiger partial charge < -0.3 is 30.6 Å². The Morgan fingerprint density at radius 1 is 1.14 bits per heavy atom. The number of aliphatic hydroxyl groups excluding tert-OH is 5. The molecular formula is C7H14O7. The summed E-state index contributed by atoms with van der Waals surface area (Å²) in [6.07, 6.45) is -3.81. The van der Waals surface area contributed by atoms with Gasteiger partial charge in [0.25, 0.3) is 0 Å². The van der Waals surface area contributed by atoms with Crippen molar-refractivity contribution < 1.29 is 35.4 Å². The Morgan fingerprint density at radius 3 is 1.86 bits per heavy atom. The molecule has 0 fully saturated rings. The van der Waals surface area contributed by atoms with E-state index in [0.29, 0.717) is 0 Å². The minimum absolute atomic E-state index is 0.875. The fourth-order valence-electron chi connectivity index (χ4n) is 0.756. The van der Waals surface area contributed by atoms with Crippen LogP contribution in [-0.2, 0) is 4.79 Å². The Bertz CT molecular complexity index is 188. The van der Waals surface area contributed by atoms with Crippen molar-refractivity contribution in [2.75, 3.05) is 19.8 Å². The number of aliphatic hydroxyl groups is 6. The Kier molecular flexibility index (Phi) is 5.13. The van der Waals surface area contributed by atoms with E-state index >= 15 is 0 Å². The molecule has 0 aromatic carbocycles. The molecule has 7 nitrogen and oxygen atoms in total. The van der Waals surface area contributed by atoms with Crippen molar-refractivity contribution in [3.8, 4) is 0 Å². The number of Topliss-reactive ketones (excluding diaryl/α,β-unsaturated/α-hetero) is 1. The fourth-order valence-corrected chi connectivity index (χ4v) is 0.756. The van der Waals surface area contributed by atoms with Crippen LogP contribution in [0.1, 0.15) is 0 Å². The zero-order chi connectivity index (χ0) is 11.4. The predicted molar refractivity (Wildman–Crippen MR) is 43.2 cm³/mol. The molecule has 0 radical (unpaired) electrons. The average Bonchev–Trinajstić information content (AvgIpc) is 2.24. The van der Waals surface area contributed by atoms with Crippen LogP contribution in [0.15, 0.2) is 0 Å². The van der Waals surface area contributed by atoms with Crippen molar-refractivity contribution in [3.05, 3.63) is 0 Å². The van der Waals surface area contributed by atoms with E-state index in [9.17, 15) is 9.90 Å². The van der Waals surface area contributed by atoms with Crippen LogP contribution in [0.2, 0.25) is 0 Å². The first kappa shape index (κ1) is 13.4. The SMILES string of the molecule is O=C([C@H](O)[C@@H](O)CO)C(O)(CO)CO. The van der Waals surface area contributed by atoms with E-state index < -0.39 is 43.4 Å². The fraction of sp³-hybridized carbons (Fsp3) is 0.857. The van der Waals surface area contributed by atoms with Gasteiger partial charge in [-0.05, 0) is 0 Å². The van der Waals surface area contributed by atoms with Gasteiger partial charge in [0.15, 0.2) is 11.4 Å². The minimum Gasteiger partial charge on any atom is -0.394 e. The van der Waals surface area contributed by atoms with Gasteiger partial charge in [0.2, 0.25) is 0 Å². The second kappa shape index (κ2) is 5.35. The maximum atomic E-state index is 11.1. The molecular weight excluding hydrogens is 196 g/mol. The van der Waals surface area contributed by atoms with Crippen LogP contribution in [0.3, 0.4) is 0 Å². The molecule has 0 aliphatic rings. The molecule has 0 amide bonds. The molecule has 14 heavy (non-hydrogen) atoms. The van der Waals surface area contributed by atoms with Crippen LogP contribution in [0.5, 0.6) is 0 Å². The maximum absolute atomic E-state index is 11.1. The zero-order valence-electron chi connectivity index (χ0n) is 7.37. The van der Waals surface area contributed by atoms with E-state index in [0.717, 1.165) is 0 Å². The molecule has 0 rings (SSSR count). The average molecular weight is 210 g/mol. The highest BCUT2D eigenvalue weighted by molar-refractivity contribution is 5.91. The molecule has 0 aliphatic carbocycles. The number of carbonyl (C=O) groups is 1. The molecule has 0 aromatic rings. The number of carbonyl (C=O) groups excluding carboxylic acids is 1. The third kappa shape index (κ3) is 2.71. The van der Waals surface area contributed by atoms with Crippen molar-refractivity contribution in [1.29, 1.82) is 0 Å². The third-order valence-corrected chi connectivity index (χ3v) is 1.80. The summed E-state index contributed by atoms with van der Waals surface area (Å²) >= 11 is 0. The minimum atomic E-state index is -2.50. The summed E-state index contributed by atoms with van der Waals surface area (Å²) in [5, 5.41) is 52.7. The first-order valence-electron chi connectivity index (χ1n) is 3.88. The second-order valence-electron chi connectivity index (χ2n) is 2.91. The van der Waals surface area contributed by atoms with Crippen molar-refractivity contribution in [3.63, 3.8) is 0 Å². The monoisotopic (exact) mass is 210 g/mol. The summed E-state index contributed by atoms with van der Waals surface area (Å²) in [5.74, 6) is -1.34. The summed E-state index contributed by atoms with van der Waals surface area (Å²) < 4.78 is 0.